The fourth-order valence-electron chi connectivity index (χ4n) is 2.15. The number of amides is 1. The second-order valence-corrected chi connectivity index (χ2v) is 4.28. The van der Waals surface area contributed by atoms with Gasteiger partial charge in [0.1, 0.15) is 0 Å². The van der Waals surface area contributed by atoms with Gasteiger partial charge in [0.25, 0.3) is 0 Å². The van der Waals surface area contributed by atoms with Crippen LogP contribution < -0.4 is 5.32 Å². The molecule has 0 saturated carbocycles. The third kappa shape index (κ3) is 2.69. The van der Waals surface area contributed by atoms with Gasteiger partial charge in [-0.05, 0) is 32.9 Å². The van der Waals surface area contributed by atoms with Crippen LogP contribution in [0.2, 0.25) is 0 Å². The maximum absolute atomic E-state index is 12.3. The first kappa shape index (κ1) is 12.5. The molecule has 15 heavy (non-hydrogen) atoms. The van der Waals surface area contributed by atoms with Gasteiger partial charge >= 0.3 is 0 Å². The summed E-state index contributed by atoms with van der Waals surface area (Å²) >= 11 is 0. The summed E-state index contributed by atoms with van der Waals surface area (Å²) in [5.74, 6) is 0.230. The molecule has 1 aliphatic heterocycles. The van der Waals surface area contributed by atoms with E-state index in [1.165, 1.54) is 0 Å². The highest BCUT2D eigenvalue weighted by atomic mass is 16.5. The topological polar surface area (TPSA) is 41.6 Å². The van der Waals surface area contributed by atoms with Crippen LogP contribution in [0.25, 0.3) is 0 Å². The summed E-state index contributed by atoms with van der Waals surface area (Å²) in [6.45, 7) is 5.12. The van der Waals surface area contributed by atoms with Gasteiger partial charge in [0, 0.05) is 20.7 Å². The molecule has 0 spiro atoms. The summed E-state index contributed by atoms with van der Waals surface area (Å²) in [7, 11) is 3.53. The van der Waals surface area contributed by atoms with Crippen molar-refractivity contribution in [3.63, 3.8) is 0 Å². The predicted molar refractivity (Wildman–Crippen MR) is 59.7 cm³/mol. The van der Waals surface area contributed by atoms with E-state index in [-0.39, 0.29) is 11.3 Å². The number of rotatable bonds is 4. The van der Waals surface area contributed by atoms with Crippen LogP contribution in [0.15, 0.2) is 0 Å². The normalized spacial score (nSPS) is 19.9. The van der Waals surface area contributed by atoms with E-state index >= 15 is 0 Å². The molecular weight excluding hydrogens is 192 g/mol. The minimum absolute atomic E-state index is 0.230. The van der Waals surface area contributed by atoms with Gasteiger partial charge in [-0.3, -0.25) is 4.79 Å². The van der Waals surface area contributed by atoms with Crippen molar-refractivity contribution in [3.05, 3.63) is 0 Å². The Morgan fingerprint density at radius 3 is 2.53 bits per heavy atom. The van der Waals surface area contributed by atoms with Crippen LogP contribution in [-0.4, -0.2) is 51.2 Å². The zero-order valence-electron chi connectivity index (χ0n) is 10.0. The van der Waals surface area contributed by atoms with E-state index in [0.717, 1.165) is 32.5 Å². The van der Waals surface area contributed by atoms with E-state index in [1.54, 1.807) is 12.0 Å². The van der Waals surface area contributed by atoms with Crippen molar-refractivity contribution in [2.45, 2.75) is 19.8 Å². The van der Waals surface area contributed by atoms with Crippen molar-refractivity contribution in [2.75, 3.05) is 40.4 Å². The lowest BCUT2D eigenvalue weighted by molar-refractivity contribution is -0.145. The first-order valence-electron chi connectivity index (χ1n) is 5.61. The van der Waals surface area contributed by atoms with Crippen molar-refractivity contribution in [3.8, 4) is 0 Å². The second kappa shape index (κ2) is 5.47. The number of hydrogen-bond acceptors (Lipinski definition) is 3. The lowest BCUT2D eigenvalue weighted by Gasteiger charge is -2.38. The molecular formula is C11H22N2O2. The Morgan fingerprint density at radius 1 is 1.47 bits per heavy atom. The molecule has 4 heteroatoms. The number of nitrogens with zero attached hydrogens (tertiary/aromatic N) is 1. The van der Waals surface area contributed by atoms with Crippen LogP contribution in [0.4, 0.5) is 0 Å². The van der Waals surface area contributed by atoms with Gasteiger partial charge < -0.3 is 15.0 Å². The maximum atomic E-state index is 12.3. The van der Waals surface area contributed by atoms with Crippen molar-refractivity contribution in [1.29, 1.82) is 0 Å². The SMILES string of the molecule is CCN(C)C(=O)C1(COC)CCNCC1. The third-order valence-corrected chi connectivity index (χ3v) is 3.26. The first-order valence-corrected chi connectivity index (χ1v) is 5.61. The number of ether oxygens (including phenoxy) is 1. The number of methoxy groups -OCH3 is 1. The number of nitrogens with one attached hydrogen (secondary N) is 1. The zero-order chi connectivity index (χ0) is 11.3. The van der Waals surface area contributed by atoms with E-state index in [9.17, 15) is 4.79 Å². The molecule has 0 unspecified atom stereocenters. The highest BCUT2D eigenvalue weighted by molar-refractivity contribution is 5.82. The van der Waals surface area contributed by atoms with Crippen LogP contribution in [0.1, 0.15) is 19.8 Å². The molecule has 1 fully saturated rings. The molecule has 0 atom stereocenters. The monoisotopic (exact) mass is 214 g/mol. The minimum atomic E-state index is -0.287. The van der Waals surface area contributed by atoms with Gasteiger partial charge in [-0.15, -0.1) is 0 Å². The van der Waals surface area contributed by atoms with E-state index in [2.05, 4.69) is 5.32 Å². The maximum Gasteiger partial charge on any atom is 0.230 e. The van der Waals surface area contributed by atoms with Crippen molar-refractivity contribution >= 4 is 5.91 Å². The van der Waals surface area contributed by atoms with Gasteiger partial charge in [0.05, 0.1) is 12.0 Å². The quantitative estimate of drug-likeness (QED) is 0.740. The van der Waals surface area contributed by atoms with E-state index < -0.39 is 0 Å². The molecule has 1 N–H and O–H groups in total. The van der Waals surface area contributed by atoms with Gasteiger partial charge in [-0.2, -0.15) is 0 Å². The Balaban J connectivity index is 2.74. The highest BCUT2D eigenvalue weighted by Crippen LogP contribution is 2.31. The lowest BCUT2D eigenvalue weighted by atomic mass is 9.78. The minimum Gasteiger partial charge on any atom is -0.384 e. The molecule has 0 aromatic carbocycles. The number of carbonyl (C=O) groups is 1. The van der Waals surface area contributed by atoms with Crippen molar-refractivity contribution in [2.24, 2.45) is 5.41 Å². The molecule has 4 nitrogen and oxygen atoms in total. The summed E-state index contributed by atoms with van der Waals surface area (Å²) in [5.41, 5.74) is -0.287. The Labute approximate surface area is 92.0 Å². The third-order valence-electron chi connectivity index (χ3n) is 3.26. The molecule has 1 rings (SSSR count). The number of carbonyl (C=O) groups excluding carboxylic acids is 1. The van der Waals surface area contributed by atoms with Crippen LogP contribution in [0.3, 0.4) is 0 Å². The molecule has 1 saturated heterocycles. The standard InChI is InChI=1S/C11H22N2O2/c1-4-13(2)10(14)11(9-15-3)5-7-12-8-6-11/h12H,4-9H2,1-3H3. The molecule has 0 radical (unpaired) electrons. The molecule has 0 aromatic heterocycles. The summed E-state index contributed by atoms with van der Waals surface area (Å²) in [6, 6.07) is 0. The largest absolute Gasteiger partial charge is 0.384 e. The second-order valence-electron chi connectivity index (χ2n) is 4.28. The number of piperidine rings is 1. The molecule has 1 amide bonds. The van der Waals surface area contributed by atoms with Crippen LogP contribution in [0, 0.1) is 5.41 Å². The average Bonchev–Trinajstić information content (AvgIpc) is 2.28. The summed E-state index contributed by atoms with van der Waals surface area (Å²) in [4.78, 5) is 14.1. The molecule has 1 aliphatic rings. The smallest absolute Gasteiger partial charge is 0.230 e. The lowest BCUT2D eigenvalue weighted by Crippen LogP contribution is -2.50. The van der Waals surface area contributed by atoms with Gasteiger partial charge in [-0.25, -0.2) is 0 Å². The zero-order valence-corrected chi connectivity index (χ0v) is 10.0. The molecule has 0 aromatic rings. The number of hydrogen-bond donors (Lipinski definition) is 1. The fourth-order valence-corrected chi connectivity index (χ4v) is 2.15. The molecule has 0 bridgehead atoms. The molecule has 1 heterocycles. The highest BCUT2D eigenvalue weighted by Gasteiger charge is 2.40. The van der Waals surface area contributed by atoms with Crippen LogP contribution in [-0.2, 0) is 9.53 Å². The van der Waals surface area contributed by atoms with Gasteiger partial charge in [-0.1, -0.05) is 0 Å². The van der Waals surface area contributed by atoms with E-state index in [1.807, 2.05) is 14.0 Å². The predicted octanol–water partition coefficient (Wildman–Crippen LogP) is 0.481. The first-order chi connectivity index (χ1) is 7.16. The van der Waals surface area contributed by atoms with Gasteiger partial charge in [0.15, 0.2) is 0 Å². The molecule has 88 valence electrons. The van der Waals surface area contributed by atoms with Crippen molar-refractivity contribution in [1.82, 2.24) is 10.2 Å². The fraction of sp³-hybridized carbons (Fsp3) is 0.909. The Hall–Kier alpha value is -0.610. The summed E-state index contributed by atoms with van der Waals surface area (Å²) in [6.07, 6.45) is 1.76. The van der Waals surface area contributed by atoms with Crippen LogP contribution in [0.5, 0.6) is 0 Å². The Kier molecular flexibility index (Phi) is 4.54. The Morgan fingerprint density at radius 2 is 2.07 bits per heavy atom. The van der Waals surface area contributed by atoms with Gasteiger partial charge in [0.2, 0.25) is 5.91 Å². The van der Waals surface area contributed by atoms with E-state index in [0.29, 0.717) is 6.61 Å². The Bertz CT molecular complexity index is 207. The summed E-state index contributed by atoms with van der Waals surface area (Å²) < 4.78 is 5.23. The summed E-state index contributed by atoms with van der Waals surface area (Å²) in [5, 5.41) is 3.28. The van der Waals surface area contributed by atoms with Crippen LogP contribution >= 0.6 is 0 Å². The molecule has 0 aliphatic carbocycles. The van der Waals surface area contributed by atoms with E-state index in [4.69, 9.17) is 4.74 Å². The van der Waals surface area contributed by atoms with Crippen molar-refractivity contribution < 1.29 is 9.53 Å². The average molecular weight is 214 g/mol.